The molecule has 1 aromatic rings. The molecule has 15 heavy (non-hydrogen) atoms. The fourth-order valence-corrected chi connectivity index (χ4v) is 1.18. The number of rotatable bonds is 4. The second kappa shape index (κ2) is 9.01. The number of benzene rings is 1. The van der Waals surface area contributed by atoms with Crippen LogP contribution < -0.4 is 0 Å². The van der Waals surface area contributed by atoms with Crippen LogP contribution in [0.4, 0.5) is 0 Å². The van der Waals surface area contributed by atoms with Crippen LogP contribution >= 0.6 is 0 Å². The van der Waals surface area contributed by atoms with E-state index in [1.165, 1.54) is 11.1 Å². The van der Waals surface area contributed by atoms with E-state index in [2.05, 4.69) is 25.3 Å². The van der Waals surface area contributed by atoms with Gasteiger partial charge in [0.25, 0.3) is 0 Å². The van der Waals surface area contributed by atoms with Gasteiger partial charge in [0.2, 0.25) is 0 Å². The molecule has 0 saturated heterocycles. The van der Waals surface area contributed by atoms with Gasteiger partial charge in [0.05, 0.1) is 0 Å². The maximum Gasteiger partial charge on any atom is -0.00260 e. The quantitative estimate of drug-likeness (QED) is 0.625. The minimum atomic E-state index is 0.927. The second-order valence-electron chi connectivity index (χ2n) is 2.84. The molecule has 1 rings (SSSR count). The fraction of sp³-hybridized carbons (Fsp3) is 0.200. The van der Waals surface area contributed by atoms with Crippen molar-refractivity contribution < 1.29 is 0 Å². The van der Waals surface area contributed by atoms with Crippen LogP contribution in [0.5, 0.6) is 0 Å². The number of allylic oxidation sites excluding steroid dienone is 4. The zero-order chi connectivity index (χ0) is 11.5. The van der Waals surface area contributed by atoms with Crippen molar-refractivity contribution in [2.24, 2.45) is 0 Å². The van der Waals surface area contributed by atoms with Gasteiger partial charge in [0.1, 0.15) is 0 Å². The minimum absolute atomic E-state index is 0.927. The molecule has 0 heteroatoms. The van der Waals surface area contributed by atoms with E-state index in [4.69, 9.17) is 0 Å². The van der Waals surface area contributed by atoms with Crippen LogP contribution in [0, 0.1) is 0 Å². The van der Waals surface area contributed by atoms with Crippen LogP contribution in [0.2, 0.25) is 0 Å². The molecule has 0 aromatic heterocycles. The summed E-state index contributed by atoms with van der Waals surface area (Å²) >= 11 is 0. The lowest BCUT2D eigenvalue weighted by Gasteiger charge is -2.00. The Labute approximate surface area is 93.7 Å². The predicted molar refractivity (Wildman–Crippen MR) is 70.0 cm³/mol. The van der Waals surface area contributed by atoms with Crippen LogP contribution in [0.3, 0.4) is 0 Å². The van der Waals surface area contributed by atoms with Gasteiger partial charge in [0, 0.05) is 0 Å². The third kappa shape index (κ3) is 5.69. The maximum atomic E-state index is 3.76. The Kier molecular flexibility index (Phi) is 8.08. The molecule has 0 aliphatic rings. The van der Waals surface area contributed by atoms with Gasteiger partial charge in [-0.3, -0.25) is 0 Å². The minimum Gasteiger partial charge on any atom is -0.0991 e. The smallest absolute Gasteiger partial charge is 0.00260 e. The van der Waals surface area contributed by atoms with E-state index < -0.39 is 0 Å². The van der Waals surface area contributed by atoms with E-state index in [0.29, 0.717) is 0 Å². The first kappa shape index (κ1) is 13.4. The molecule has 0 nitrogen and oxygen atoms in total. The van der Waals surface area contributed by atoms with Crippen LogP contribution in [0.25, 0.3) is 0 Å². The molecule has 0 radical (unpaired) electrons. The summed E-state index contributed by atoms with van der Waals surface area (Å²) < 4.78 is 0. The first-order chi connectivity index (χ1) is 7.36. The van der Waals surface area contributed by atoms with Gasteiger partial charge in [-0.15, -0.1) is 0 Å². The average molecular weight is 200 g/mol. The summed E-state index contributed by atoms with van der Waals surface area (Å²) in [6.45, 7) is 11.4. The number of hydrogen-bond acceptors (Lipinski definition) is 0. The Balaban J connectivity index is 0.000000921. The summed E-state index contributed by atoms with van der Waals surface area (Å²) in [6, 6.07) is 10.3. The van der Waals surface area contributed by atoms with E-state index in [1.54, 1.807) is 6.08 Å². The van der Waals surface area contributed by atoms with Crippen molar-refractivity contribution in [1.29, 1.82) is 0 Å². The van der Waals surface area contributed by atoms with Crippen molar-refractivity contribution in [3.63, 3.8) is 0 Å². The molecule has 1 aromatic carbocycles. The van der Waals surface area contributed by atoms with Gasteiger partial charge in [-0.2, -0.15) is 0 Å². The van der Waals surface area contributed by atoms with Crippen LogP contribution in [0.1, 0.15) is 19.4 Å². The molecule has 0 saturated carbocycles. The summed E-state index contributed by atoms with van der Waals surface area (Å²) in [5, 5.41) is 0. The molecule has 0 heterocycles. The van der Waals surface area contributed by atoms with Crippen molar-refractivity contribution >= 4 is 0 Å². The highest BCUT2D eigenvalue weighted by Crippen LogP contribution is 2.08. The van der Waals surface area contributed by atoms with Gasteiger partial charge < -0.3 is 0 Å². The van der Waals surface area contributed by atoms with Gasteiger partial charge in [-0.1, -0.05) is 75.6 Å². The first-order valence-electron chi connectivity index (χ1n) is 5.34. The molecule has 0 bridgehead atoms. The molecule has 0 spiro atoms. The average Bonchev–Trinajstić information content (AvgIpc) is 2.32. The largest absolute Gasteiger partial charge is 0.0991 e. The summed E-state index contributed by atoms with van der Waals surface area (Å²) in [5.74, 6) is 0. The summed E-state index contributed by atoms with van der Waals surface area (Å²) in [5.41, 5.74) is 2.50. The Bertz CT molecular complexity index is 304. The highest BCUT2D eigenvalue weighted by molar-refractivity contribution is 5.29. The zero-order valence-corrected chi connectivity index (χ0v) is 9.74. The van der Waals surface area contributed by atoms with Crippen molar-refractivity contribution in [2.45, 2.75) is 20.3 Å². The monoisotopic (exact) mass is 200 g/mol. The molecule has 0 fully saturated rings. The van der Waals surface area contributed by atoms with E-state index in [1.807, 2.05) is 44.2 Å². The lowest BCUT2D eigenvalue weighted by molar-refractivity contribution is 1.20. The third-order valence-electron chi connectivity index (χ3n) is 1.85. The number of hydrogen-bond donors (Lipinski definition) is 0. The summed E-state index contributed by atoms with van der Waals surface area (Å²) in [7, 11) is 0. The Morgan fingerprint density at radius 3 is 2.20 bits per heavy atom. The van der Waals surface area contributed by atoms with Gasteiger partial charge in [0.15, 0.2) is 0 Å². The highest BCUT2D eigenvalue weighted by Gasteiger charge is 1.92. The lowest BCUT2D eigenvalue weighted by atomic mass is 10.1. The van der Waals surface area contributed by atoms with Crippen molar-refractivity contribution in [1.82, 2.24) is 0 Å². The lowest BCUT2D eigenvalue weighted by Crippen LogP contribution is -1.86. The molecule has 0 aliphatic carbocycles. The molecule has 0 atom stereocenters. The van der Waals surface area contributed by atoms with Gasteiger partial charge in [-0.05, 0) is 17.6 Å². The normalized spacial score (nSPS) is 9.87. The first-order valence-corrected chi connectivity index (χ1v) is 5.34. The molecule has 0 N–H and O–H groups in total. The molecule has 0 aliphatic heterocycles. The summed E-state index contributed by atoms with van der Waals surface area (Å²) in [4.78, 5) is 0. The Morgan fingerprint density at radius 1 is 1.13 bits per heavy atom. The molecular weight excluding hydrogens is 180 g/mol. The molecule has 0 amide bonds. The zero-order valence-electron chi connectivity index (χ0n) is 9.74. The van der Waals surface area contributed by atoms with Crippen molar-refractivity contribution in [3.05, 3.63) is 72.9 Å². The highest BCUT2D eigenvalue weighted by atomic mass is 14.0. The second-order valence-corrected chi connectivity index (χ2v) is 2.84. The summed E-state index contributed by atoms with van der Waals surface area (Å²) in [6.07, 6.45) is 6.57. The van der Waals surface area contributed by atoms with Crippen LogP contribution in [-0.4, -0.2) is 0 Å². The van der Waals surface area contributed by atoms with Crippen LogP contribution in [0.15, 0.2) is 67.3 Å². The standard InChI is InChI=1S/C13H14.C2H6/c1-3-8-12(4-2)11-13-9-6-5-7-10-13;1-2/h3-10H,1-2,11H2;1-2H3/b12-8+;. The maximum absolute atomic E-state index is 3.76. The van der Waals surface area contributed by atoms with Crippen molar-refractivity contribution in [2.75, 3.05) is 0 Å². The van der Waals surface area contributed by atoms with Crippen molar-refractivity contribution in [3.8, 4) is 0 Å². The molecule has 80 valence electrons. The predicted octanol–water partition coefficient (Wildman–Crippen LogP) is 4.55. The van der Waals surface area contributed by atoms with Gasteiger partial charge >= 0.3 is 0 Å². The van der Waals surface area contributed by atoms with E-state index in [9.17, 15) is 0 Å². The van der Waals surface area contributed by atoms with Gasteiger partial charge in [-0.25, -0.2) is 0 Å². The van der Waals surface area contributed by atoms with E-state index in [-0.39, 0.29) is 0 Å². The van der Waals surface area contributed by atoms with E-state index >= 15 is 0 Å². The fourth-order valence-electron chi connectivity index (χ4n) is 1.18. The molecule has 0 unspecified atom stereocenters. The Morgan fingerprint density at radius 2 is 1.73 bits per heavy atom. The van der Waals surface area contributed by atoms with Crippen LogP contribution in [-0.2, 0) is 6.42 Å². The topological polar surface area (TPSA) is 0 Å². The molecular formula is C15H20. The third-order valence-corrected chi connectivity index (χ3v) is 1.85. The van der Waals surface area contributed by atoms with E-state index in [0.717, 1.165) is 6.42 Å². The Hall–Kier alpha value is -1.56. The SMILES string of the molecule is C=C/C=C(\C=C)Cc1ccccc1.CC.